The van der Waals surface area contributed by atoms with Crippen molar-refractivity contribution in [1.82, 2.24) is 15.2 Å². The maximum atomic E-state index is 5.50. The number of hydrogen-bond donors (Lipinski definition) is 1. The molecule has 1 fully saturated rings. The third kappa shape index (κ3) is 4.09. The Bertz CT molecular complexity index is 765. The van der Waals surface area contributed by atoms with Crippen molar-refractivity contribution >= 4 is 23.0 Å². The van der Waals surface area contributed by atoms with Gasteiger partial charge in [-0.2, -0.15) is 0 Å². The van der Waals surface area contributed by atoms with Gasteiger partial charge in [0.1, 0.15) is 5.75 Å². The van der Waals surface area contributed by atoms with Crippen LogP contribution in [0.1, 0.15) is 15.6 Å². The first kappa shape index (κ1) is 18.5. The van der Waals surface area contributed by atoms with Gasteiger partial charge in [-0.3, -0.25) is 4.99 Å². The highest BCUT2D eigenvalue weighted by Crippen LogP contribution is 2.28. The van der Waals surface area contributed by atoms with Crippen molar-refractivity contribution in [3.8, 4) is 5.75 Å². The lowest BCUT2D eigenvalue weighted by atomic mass is 10.2. The Morgan fingerprint density at radius 3 is 2.58 bits per heavy atom. The van der Waals surface area contributed by atoms with Crippen molar-refractivity contribution in [2.24, 2.45) is 4.99 Å². The van der Waals surface area contributed by atoms with E-state index in [1.165, 1.54) is 4.88 Å². The molecular formula is C19H27N5OS. The van der Waals surface area contributed by atoms with Crippen LogP contribution in [-0.4, -0.2) is 56.2 Å². The predicted molar refractivity (Wildman–Crippen MR) is 109 cm³/mol. The SMILES string of the molecule is CN=C(NCc1sc(C)nc1C)N1CCN(c2ccccc2OC)CC1. The van der Waals surface area contributed by atoms with Crippen LogP contribution in [0.25, 0.3) is 0 Å². The van der Waals surface area contributed by atoms with Crippen LogP contribution in [0.3, 0.4) is 0 Å². The summed E-state index contributed by atoms with van der Waals surface area (Å²) in [7, 11) is 3.57. The summed E-state index contributed by atoms with van der Waals surface area (Å²) < 4.78 is 5.50. The van der Waals surface area contributed by atoms with E-state index in [9.17, 15) is 0 Å². The maximum Gasteiger partial charge on any atom is 0.194 e. The molecule has 0 atom stereocenters. The summed E-state index contributed by atoms with van der Waals surface area (Å²) in [4.78, 5) is 14.9. The fourth-order valence-corrected chi connectivity index (χ4v) is 4.16. The molecule has 0 bridgehead atoms. The van der Waals surface area contributed by atoms with Gasteiger partial charge in [0, 0.05) is 38.1 Å². The maximum absolute atomic E-state index is 5.50. The first-order valence-corrected chi connectivity index (χ1v) is 9.70. The highest BCUT2D eigenvalue weighted by atomic mass is 32.1. The Hall–Kier alpha value is -2.28. The summed E-state index contributed by atoms with van der Waals surface area (Å²) in [5, 5.41) is 4.60. The molecule has 1 aliphatic heterocycles. The molecule has 2 aromatic rings. The first-order valence-electron chi connectivity index (χ1n) is 8.89. The number of guanidine groups is 1. The number of aryl methyl sites for hydroxylation is 2. The van der Waals surface area contributed by atoms with Gasteiger partial charge in [-0.15, -0.1) is 11.3 Å². The van der Waals surface area contributed by atoms with Gasteiger partial charge in [0.05, 0.1) is 30.0 Å². The van der Waals surface area contributed by atoms with Crippen LogP contribution in [0.2, 0.25) is 0 Å². The van der Waals surface area contributed by atoms with Crippen LogP contribution in [0, 0.1) is 13.8 Å². The number of ether oxygens (including phenoxy) is 1. The van der Waals surface area contributed by atoms with Gasteiger partial charge in [-0.25, -0.2) is 4.98 Å². The Labute approximate surface area is 159 Å². The van der Waals surface area contributed by atoms with Gasteiger partial charge in [-0.1, -0.05) is 12.1 Å². The van der Waals surface area contributed by atoms with Gasteiger partial charge >= 0.3 is 0 Å². The van der Waals surface area contributed by atoms with E-state index in [0.717, 1.165) is 60.8 Å². The van der Waals surface area contributed by atoms with Crippen molar-refractivity contribution in [2.75, 3.05) is 45.2 Å². The molecule has 0 aliphatic carbocycles. The zero-order valence-electron chi connectivity index (χ0n) is 16.0. The van der Waals surface area contributed by atoms with Gasteiger partial charge in [-0.05, 0) is 26.0 Å². The van der Waals surface area contributed by atoms with E-state index in [4.69, 9.17) is 4.74 Å². The van der Waals surface area contributed by atoms with E-state index in [0.29, 0.717) is 0 Å². The lowest BCUT2D eigenvalue weighted by molar-refractivity contribution is 0.367. The molecule has 1 saturated heterocycles. The second-order valence-corrected chi connectivity index (χ2v) is 7.58. The number of hydrogen-bond acceptors (Lipinski definition) is 5. The lowest BCUT2D eigenvalue weighted by Gasteiger charge is -2.38. The molecule has 1 aromatic heterocycles. The Balaban J connectivity index is 1.58. The predicted octanol–water partition coefficient (Wildman–Crippen LogP) is 2.67. The van der Waals surface area contributed by atoms with E-state index in [-0.39, 0.29) is 0 Å². The number of nitrogens with one attached hydrogen (secondary N) is 1. The van der Waals surface area contributed by atoms with Crippen LogP contribution in [0.5, 0.6) is 5.75 Å². The molecule has 1 N–H and O–H groups in total. The topological polar surface area (TPSA) is 53.0 Å². The Morgan fingerprint density at radius 2 is 1.96 bits per heavy atom. The van der Waals surface area contributed by atoms with Gasteiger partial charge in [0.15, 0.2) is 5.96 Å². The molecule has 7 heteroatoms. The largest absolute Gasteiger partial charge is 0.495 e. The normalized spacial score (nSPS) is 15.3. The fraction of sp³-hybridized carbons (Fsp3) is 0.474. The number of methoxy groups -OCH3 is 1. The number of thiazole rings is 1. The summed E-state index contributed by atoms with van der Waals surface area (Å²) in [5.74, 6) is 1.88. The van der Waals surface area contributed by atoms with Crippen LogP contribution in [0.4, 0.5) is 5.69 Å². The molecule has 1 aliphatic rings. The molecule has 26 heavy (non-hydrogen) atoms. The third-order valence-corrected chi connectivity index (χ3v) is 5.70. The minimum atomic E-state index is 0.775. The molecule has 0 radical (unpaired) electrons. The van der Waals surface area contributed by atoms with E-state index < -0.39 is 0 Å². The van der Waals surface area contributed by atoms with E-state index >= 15 is 0 Å². The Kier molecular flexibility index (Phi) is 5.98. The third-order valence-electron chi connectivity index (χ3n) is 4.62. The summed E-state index contributed by atoms with van der Waals surface area (Å²) in [6.07, 6.45) is 0. The molecule has 0 spiro atoms. The van der Waals surface area contributed by atoms with Crippen LogP contribution >= 0.6 is 11.3 Å². The van der Waals surface area contributed by atoms with Crippen molar-refractivity contribution in [2.45, 2.75) is 20.4 Å². The molecular weight excluding hydrogens is 346 g/mol. The number of para-hydroxylation sites is 2. The minimum absolute atomic E-state index is 0.775. The lowest BCUT2D eigenvalue weighted by Crippen LogP contribution is -2.52. The molecule has 0 amide bonds. The highest BCUT2D eigenvalue weighted by molar-refractivity contribution is 7.11. The van der Waals surface area contributed by atoms with Gasteiger partial charge in [0.25, 0.3) is 0 Å². The number of rotatable bonds is 4. The number of nitrogens with zero attached hydrogens (tertiary/aromatic N) is 4. The first-order chi connectivity index (χ1) is 12.6. The molecule has 0 unspecified atom stereocenters. The van der Waals surface area contributed by atoms with E-state index in [2.05, 4.69) is 44.1 Å². The second-order valence-electron chi connectivity index (χ2n) is 6.29. The van der Waals surface area contributed by atoms with Crippen molar-refractivity contribution < 1.29 is 4.74 Å². The molecule has 2 heterocycles. The van der Waals surface area contributed by atoms with Crippen LogP contribution in [0.15, 0.2) is 29.3 Å². The van der Waals surface area contributed by atoms with E-state index in [1.54, 1.807) is 18.4 Å². The van der Waals surface area contributed by atoms with Crippen molar-refractivity contribution in [3.63, 3.8) is 0 Å². The number of benzene rings is 1. The Morgan fingerprint density at radius 1 is 1.23 bits per heavy atom. The quantitative estimate of drug-likeness (QED) is 0.660. The smallest absolute Gasteiger partial charge is 0.194 e. The van der Waals surface area contributed by atoms with Crippen molar-refractivity contribution in [1.29, 1.82) is 0 Å². The molecule has 0 saturated carbocycles. The highest BCUT2D eigenvalue weighted by Gasteiger charge is 2.21. The summed E-state index contributed by atoms with van der Waals surface area (Å²) >= 11 is 1.75. The summed E-state index contributed by atoms with van der Waals surface area (Å²) in [6.45, 7) is 8.63. The molecule has 3 rings (SSSR count). The molecule has 140 valence electrons. The zero-order chi connectivity index (χ0) is 18.5. The van der Waals surface area contributed by atoms with Gasteiger partial charge < -0.3 is 19.9 Å². The average molecular weight is 374 g/mol. The number of anilines is 1. The summed E-state index contributed by atoms with van der Waals surface area (Å²) in [5.41, 5.74) is 2.27. The summed E-state index contributed by atoms with van der Waals surface area (Å²) in [6, 6.07) is 8.20. The van der Waals surface area contributed by atoms with E-state index in [1.807, 2.05) is 26.1 Å². The number of piperazine rings is 1. The number of aliphatic imine (C=N–C) groups is 1. The van der Waals surface area contributed by atoms with Crippen LogP contribution in [-0.2, 0) is 6.54 Å². The zero-order valence-corrected chi connectivity index (χ0v) is 16.8. The molecule has 6 nitrogen and oxygen atoms in total. The fourth-order valence-electron chi connectivity index (χ4n) is 3.28. The van der Waals surface area contributed by atoms with Crippen LogP contribution < -0.4 is 15.0 Å². The molecule has 1 aromatic carbocycles. The standard InChI is InChI=1S/C19H27N5OS/c1-14-18(26-15(2)22-14)13-21-19(20-3)24-11-9-23(10-12-24)16-7-5-6-8-17(16)25-4/h5-8H,9-13H2,1-4H3,(H,20,21). The number of aromatic nitrogens is 1. The average Bonchev–Trinajstić information content (AvgIpc) is 3.00. The van der Waals surface area contributed by atoms with Crippen molar-refractivity contribution in [3.05, 3.63) is 39.8 Å². The minimum Gasteiger partial charge on any atom is -0.495 e. The monoisotopic (exact) mass is 373 g/mol. The van der Waals surface area contributed by atoms with Gasteiger partial charge in [0.2, 0.25) is 0 Å². The second kappa shape index (κ2) is 8.40.